The Morgan fingerprint density at radius 1 is 1.23 bits per heavy atom. The molecule has 0 amide bonds. The second kappa shape index (κ2) is 6.25. The normalized spacial score (nSPS) is 25.8. The highest BCUT2D eigenvalue weighted by Crippen LogP contribution is 2.31. The Morgan fingerprint density at radius 2 is 2.04 bits per heavy atom. The molecule has 5 N–H and O–H groups in total. The van der Waals surface area contributed by atoms with Crippen LogP contribution >= 0.6 is 0 Å². The number of benzene rings is 1. The summed E-state index contributed by atoms with van der Waals surface area (Å²) >= 11 is 0. The fourth-order valence-corrected chi connectivity index (χ4v) is 3.02. The topological polar surface area (TPSA) is 152 Å². The van der Waals surface area contributed by atoms with E-state index in [9.17, 15) is 15.3 Å². The van der Waals surface area contributed by atoms with Gasteiger partial charge in [0, 0.05) is 5.56 Å². The maximum Gasteiger partial charge on any atom is 0.187 e. The van der Waals surface area contributed by atoms with Crippen LogP contribution in [0.3, 0.4) is 0 Å². The van der Waals surface area contributed by atoms with Crippen molar-refractivity contribution < 1.29 is 20.1 Å². The third-order valence-corrected chi connectivity index (χ3v) is 4.39. The van der Waals surface area contributed by atoms with Gasteiger partial charge in [0.25, 0.3) is 0 Å². The van der Waals surface area contributed by atoms with Crippen LogP contribution in [0.4, 0.5) is 5.82 Å². The summed E-state index contributed by atoms with van der Waals surface area (Å²) in [6.45, 7) is 1.52. The summed E-state index contributed by atoms with van der Waals surface area (Å²) in [5, 5.41) is 37.4. The Labute approximate surface area is 147 Å². The van der Waals surface area contributed by atoms with Gasteiger partial charge in [-0.15, -0.1) is 5.10 Å². The second-order valence-corrected chi connectivity index (χ2v) is 6.24. The van der Waals surface area contributed by atoms with E-state index in [0.29, 0.717) is 5.82 Å². The van der Waals surface area contributed by atoms with Crippen molar-refractivity contribution in [3.8, 4) is 11.4 Å². The van der Waals surface area contributed by atoms with Crippen molar-refractivity contribution in [1.29, 1.82) is 0 Å². The number of anilines is 1. The van der Waals surface area contributed by atoms with Crippen LogP contribution in [0.15, 0.2) is 24.3 Å². The van der Waals surface area contributed by atoms with Crippen LogP contribution in [-0.4, -0.2) is 65.2 Å². The molecular weight excluding hydrogens is 340 g/mol. The fourth-order valence-electron chi connectivity index (χ4n) is 3.02. The predicted molar refractivity (Wildman–Crippen MR) is 90.7 cm³/mol. The summed E-state index contributed by atoms with van der Waals surface area (Å²) in [6.07, 6.45) is -4.52. The van der Waals surface area contributed by atoms with Crippen LogP contribution in [-0.2, 0) is 4.74 Å². The van der Waals surface area contributed by atoms with E-state index in [1.54, 1.807) is 0 Å². The van der Waals surface area contributed by atoms with Crippen molar-refractivity contribution in [2.24, 2.45) is 0 Å². The second-order valence-electron chi connectivity index (χ2n) is 6.24. The van der Waals surface area contributed by atoms with Crippen molar-refractivity contribution >= 4 is 17.0 Å². The molecule has 0 spiro atoms. The van der Waals surface area contributed by atoms with Gasteiger partial charge in [-0.25, -0.2) is 9.97 Å². The third kappa shape index (κ3) is 2.59. The Morgan fingerprint density at radius 3 is 2.73 bits per heavy atom. The van der Waals surface area contributed by atoms with Gasteiger partial charge in [0.15, 0.2) is 29.0 Å². The van der Waals surface area contributed by atoms with Crippen molar-refractivity contribution in [3.05, 3.63) is 29.8 Å². The Balaban J connectivity index is 1.82. The minimum Gasteiger partial charge on any atom is -0.394 e. The first-order valence-electron chi connectivity index (χ1n) is 8.07. The molecule has 3 aromatic rings. The summed E-state index contributed by atoms with van der Waals surface area (Å²) in [4.78, 5) is 8.75. The van der Waals surface area contributed by atoms with Gasteiger partial charge in [0.2, 0.25) is 0 Å². The molecular formula is C16H18N6O4. The molecule has 10 nitrogen and oxygen atoms in total. The molecule has 0 bridgehead atoms. The zero-order valence-electron chi connectivity index (χ0n) is 13.9. The first-order valence-corrected chi connectivity index (χ1v) is 8.07. The van der Waals surface area contributed by atoms with Gasteiger partial charge < -0.3 is 25.8 Å². The lowest BCUT2D eigenvalue weighted by atomic mass is 10.1. The number of hydrogen-bond donors (Lipinski definition) is 4. The van der Waals surface area contributed by atoms with Crippen LogP contribution in [0.2, 0.25) is 0 Å². The molecule has 1 aromatic carbocycles. The van der Waals surface area contributed by atoms with Crippen LogP contribution in [0.5, 0.6) is 0 Å². The smallest absolute Gasteiger partial charge is 0.187 e. The minimum absolute atomic E-state index is 0.143. The first-order chi connectivity index (χ1) is 12.5. The van der Waals surface area contributed by atoms with E-state index >= 15 is 0 Å². The van der Waals surface area contributed by atoms with Gasteiger partial charge in [-0.1, -0.05) is 29.0 Å². The van der Waals surface area contributed by atoms with Crippen LogP contribution in [0.1, 0.15) is 11.8 Å². The number of hydrogen-bond acceptors (Lipinski definition) is 9. The highest BCUT2D eigenvalue weighted by molar-refractivity contribution is 5.83. The van der Waals surface area contributed by atoms with E-state index in [4.69, 9.17) is 10.5 Å². The van der Waals surface area contributed by atoms with Gasteiger partial charge in [-0.05, 0) is 13.0 Å². The summed E-state index contributed by atoms with van der Waals surface area (Å²) in [5.74, 6) is 0.526. The number of nitrogens with two attached hydrogens (primary N) is 1. The average Bonchev–Trinajstić information content (AvgIpc) is 3.17. The third-order valence-electron chi connectivity index (χ3n) is 4.39. The Kier molecular flexibility index (Phi) is 4.04. The number of nitrogen functional groups attached to an aromatic ring is 1. The number of aromatic nitrogens is 5. The van der Waals surface area contributed by atoms with E-state index in [0.717, 1.165) is 11.1 Å². The van der Waals surface area contributed by atoms with E-state index < -0.39 is 31.1 Å². The molecule has 1 aliphatic heterocycles. The molecule has 1 aliphatic rings. The summed E-state index contributed by atoms with van der Waals surface area (Å²) in [7, 11) is 0. The van der Waals surface area contributed by atoms with Gasteiger partial charge in [0.1, 0.15) is 18.3 Å². The molecule has 0 aliphatic carbocycles. The first kappa shape index (κ1) is 16.8. The Bertz CT molecular complexity index is 961. The Hall–Kier alpha value is -2.66. The largest absolute Gasteiger partial charge is 0.394 e. The number of aliphatic hydroxyl groups excluding tert-OH is 3. The molecule has 0 saturated carbocycles. The van der Waals surface area contributed by atoms with Crippen molar-refractivity contribution in [3.63, 3.8) is 0 Å². The maximum atomic E-state index is 10.2. The molecule has 4 atom stereocenters. The predicted octanol–water partition coefficient (Wildman–Crippen LogP) is -0.610. The number of aliphatic hydroxyl groups is 3. The standard InChI is InChI=1S/C16H18N6O4/c1-7-3-2-4-8(5-7)14-18-13(17)10-15(19-14)22(21-20-10)16-12(25)11(24)9(6-23)26-16/h2-5,9,11-12,16,23-25H,6H2,1H3,(H2,17,18,19)/t9-,11-,12-,16-/m1/s1. The molecule has 0 unspecified atom stereocenters. The maximum absolute atomic E-state index is 10.2. The van der Waals surface area contributed by atoms with Crippen LogP contribution < -0.4 is 5.73 Å². The van der Waals surface area contributed by atoms with Crippen molar-refractivity contribution in [1.82, 2.24) is 25.0 Å². The molecule has 136 valence electrons. The average molecular weight is 358 g/mol. The van der Waals surface area contributed by atoms with Gasteiger partial charge >= 0.3 is 0 Å². The minimum atomic E-state index is -1.30. The number of aryl methyl sites for hydroxylation is 1. The zero-order valence-corrected chi connectivity index (χ0v) is 13.9. The number of ether oxygens (including phenoxy) is 1. The molecule has 1 saturated heterocycles. The summed E-state index contributed by atoms with van der Waals surface area (Å²) in [5.41, 5.74) is 8.34. The van der Waals surface area contributed by atoms with Gasteiger partial charge in [-0.2, -0.15) is 4.68 Å². The van der Waals surface area contributed by atoms with Crippen molar-refractivity contribution in [2.45, 2.75) is 31.5 Å². The van der Waals surface area contributed by atoms with E-state index in [-0.39, 0.29) is 17.0 Å². The molecule has 2 aromatic heterocycles. The zero-order chi connectivity index (χ0) is 18.4. The van der Waals surface area contributed by atoms with E-state index in [1.807, 2.05) is 31.2 Å². The highest BCUT2D eigenvalue weighted by atomic mass is 16.6. The molecule has 3 heterocycles. The monoisotopic (exact) mass is 358 g/mol. The molecule has 26 heavy (non-hydrogen) atoms. The van der Waals surface area contributed by atoms with Gasteiger partial charge in [-0.3, -0.25) is 0 Å². The van der Waals surface area contributed by atoms with E-state index in [2.05, 4.69) is 20.3 Å². The number of rotatable bonds is 3. The van der Waals surface area contributed by atoms with Crippen LogP contribution in [0, 0.1) is 6.92 Å². The SMILES string of the molecule is Cc1cccc(-c2nc(N)c3nnn([C@@H]4O[C@H](CO)[C@@H](O)[C@H]4O)c3n2)c1. The lowest BCUT2D eigenvalue weighted by Crippen LogP contribution is -2.33. The molecule has 10 heteroatoms. The lowest BCUT2D eigenvalue weighted by Gasteiger charge is -2.15. The molecule has 1 fully saturated rings. The highest BCUT2D eigenvalue weighted by Gasteiger charge is 2.44. The number of fused-ring (bicyclic) bond motifs is 1. The summed E-state index contributed by atoms with van der Waals surface area (Å²) < 4.78 is 6.75. The van der Waals surface area contributed by atoms with Gasteiger partial charge in [0.05, 0.1) is 6.61 Å². The van der Waals surface area contributed by atoms with Crippen molar-refractivity contribution in [2.75, 3.05) is 12.3 Å². The summed E-state index contributed by atoms with van der Waals surface area (Å²) in [6, 6.07) is 7.61. The number of nitrogens with zero attached hydrogens (tertiary/aromatic N) is 5. The molecule has 4 rings (SSSR count). The lowest BCUT2D eigenvalue weighted by molar-refractivity contribution is -0.0574. The molecule has 0 radical (unpaired) electrons. The quantitative estimate of drug-likeness (QED) is 0.480. The fraction of sp³-hybridized carbons (Fsp3) is 0.375. The van der Waals surface area contributed by atoms with E-state index in [1.165, 1.54) is 4.68 Å². The van der Waals surface area contributed by atoms with Crippen LogP contribution in [0.25, 0.3) is 22.6 Å².